The number of thioether (sulfide) groups is 1. The second-order valence-electron chi connectivity index (χ2n) is 4.21. The number of rotatable bonds is 16. The lowest BCUT2D eigenvalue weighted by Crippen LogP contribution is -2.32. The monoisotopic (exact) mass is 353 g/mol. The van der Waals surface area contributed by atoms with Gasteiger partial charge in [0.1, 0.15) is 6.61 Å². The predicted molar refractivity (Wildman–Crippen MR) is 87.4 cm³/mol. The van der Waals surface area contributed by atoms with Crippen molar-refractivity contribution in [2.24, 2.45) is 5.73 Å². The second-order valence-corrected chi connectivity index (χ2v) is 5.08. The lowest BCUT2D eigenvalue weighted by Gasteiger charge is -2.07. The zero-order chi connectivity index (χ0) is 17.2. The molecule has 3 amide bonds. The van der Waals surface area contributed by atoms with E-state index in [0.29, 0.717) is 58.7 Å². The summed E-state index contributed by atoms with van der Waals surface area (Å²) in [5.74, 6) is 0.454. The van der Waals surface area contributed by atoms with Gasteiger partial charge >= 0.3 is 6.03 Å². The average molecular weight is 353 g/mol. The van der Waals surface area contributed by atoms with E-state index in [4.69, 9.17) is 24.7 Å². The fourth-order valence-corrected chi connectivity index (χ4v) is 1.58. The summed E-state index contributed by atoms with van der Waals surface area (Å²) >= 11 is 1.54. The van der Waals surface area contributed by atoms with Crippen LogP contribution in [0.1, 0.15) is 0 Å². The quantitative estimate of drug-likeness (QED) is 0.244. The number of ether oxygens (including phenoxy) is 4. The standard InChI is InChI=1S/C13H27N3O6S/c1-23-11-16-12(17)10-22-9-8-21-7-6-20-5-4-19-3-2-15-13(14)18/h2-11H2,1H3,(H,16,17)(H3,14,15,18). The Balaban J connectivity index is 3.08. The minimum absolute atomic E-state index is 0.0440. The zero-order valence-corrected chi connectivity index (χ0v) is 14.3. The van der Waals surface area contributed by atoms with Crippen molar-refractivity contribution in [3.05, 3.63) is 0 Å². The van der Waals surface area contributed by atoms with E-state index in [1.54, 1.807) is 0 Å². The highest BCUT2D eigenvalue weighted by Crippen LogP contribution is 1.86. The Hall–Kier alpha value is -1.07. The van der Waals surface area contributed by atoms with E-state index in [0.717, 1.165) is 0 Å². The molecule has 0 atom stereocenters. The lowest BCUT2D eigenvalue weighted by atomic mass is 10.6. The maximum absolute atomic E-state index is 11.2. The van der Waals surface area contributed by atoms with Gasteiger partial charge in [0.2, 0.25) is 5.91 Å². The molecule has 0 aromatic carbocycles. The van der Waals surface area contributed by atoms with Crippen molar-refractivity contribution in [1.82, 2.24) is 10.6 Å². The first kappa shape index (κ1) is 21.9. The molecule has 0 heterocycles. The van der Waals surface area contributed by atoms with Gasteiger partial charge in [-0.1, -0.05) is 0 Å². The van der Waals surface area contributed by atoms with Crippen molar-refractivity contribution in [3.8, 4) is 0 Å². The van der Waals surface area contributed by atoms with Crippen LogP contribution < -0.4 is 16.4 Å². The molecule has 0 aliphatic carbocycles. The molecule has 0 aliphatic rings. The largest absolute Gasteiger partial charge is 0.377 e. The summed E-state index contributed by atoms with van der Waals surface area (Å²) in [4.78, 5) is 21.6. The summed E-state index contributed by atoms with van der Waals surface area (Å²) in [7, 11) is 0. The molecule has 0 saturated carbocycles. The van der Waals surface area contributed by atoms with Crippen LogP contribution in [-0.4, -0.2) is 83.5 Å². The van der Waals surface area contributed by atoms with E-state index in [1.165, 1.54) is 11.8 Å². The molecule has 0 bridgehead atoms. The molecule has 0 aromatic heterocycles. The molecular weight excluding hydrogens is 326 g/mol. The molecule has 136 valence electrons. The van der Waals surface area contributed by atoms with Crippen molar-refractivity contribution in [1.29, 1.82) is 0 Å². The number of urea groups is 1. The molecule has 0 rings (SSSR count). The fraction of sp³-hybridized carbons (Fsp3) is 0.846. The predicted octanol–water partition coefficient (Wildman–Crippen LogP) is -0.842. The molecule has 9 nitrogen and oxygen atoms in total. The van der Waals surface area contributed by atoms with Gasteiger partial charge in [-0.05, 0) is 6.26 Å². The highest BCUT2D eigenvalue weighted by molar-refractivity contribution is 7.98. The molecule has 0 radical (unpaired) electrons. The zero-order valence-electron chi connectivity index (χ0n) is 13.5. The summed E-state index contributed by atoms with van der Waals surface area (Å²) < 4.78 is 20.9. The molecule has 0 fully saturated rings. The Morgan fingerprint density at radius 3 is 1.91 bits per heavy atom. The van der Waals surface area contributed by atoms with Gasteiger partial charge in [-0.3, -0.25) is 4.79 Å². The van der Waals surface area contributed by atoms with Crippen LogP contribution >= 0.6 is 11.8 Å². The minimum Gasteiger partial charge on any atom is -0.377 e. The van der Waals surface area contributed by atoms with E-state index in [9.17, 15) is 9.59 Å². The number of amides is 3. The van der Waals surface area contributed by atoms with Crippen LogP contribution in [0.3, 0.4) is 0 Å². The van der Waals surface area contributed by atoms with Gasteiger partial charge in [-0.2, -0.15) is 0 Å². The van der Waals surface area contributed by atoms with Crippen molar-refractivity contribution in [2.45, 2.75) is 0 Å². The SMILES string of the molecule is CSCNC(=O)COCCOCCOCCOCCNC(N)=O. The first-order chi connectivity index (χ1) is 11.2. The van der Waals surface area contributed by atoms with Crippen LogP contribution in [0.4, 0.5) is 4.79 Å². The topological polar surface area (TPSA) is 121 Å². The molecule has 23 heavy (non-hydrogen) atoms. The first-order valence-electron chi connectivity index (χ1n) is 7.26. The average Bonchev–Trinajstić information content (AvgIpc) is 2.52. The van der Waals surface area contributed by atoms with Crippen molar-refractivity contribution in [3.63, 3.8) is 0 Å². The minimum atomic E-state index is -0.563. The van der Waals surface area contributed by atoms with E-state index >= 15 is 0 Å². The van der Waals surface area contributed by atoms with Crippen LogP contribution in [0.2, 0.25) is 0 Å². The van der Waals surface area contributed by atoms with Gasteiger partial charge < -0.3 is 35.3 Å². The number of carbonyl (C=O) groups excluding carboxylic acids is 2. The van der Waals surface area contributed by atoms with Crippen LogP contribution in [0.15, 0.2) is 0 Å². The molecular formula is C13H27N3O6S. The Morgan fingerprint density at radius 2 is 1.39 bits per heavy atom. The molecule has 0 unspecified atom stereocenters. The molecule has 4 N–H and O–H groups in total. The van der Waals surface area contributed by atoms with Crippen molar-refractivity contribution in [2.75, 3.05) is 71.5 Å². The lowest BCUT2D eigenvalue weighted by molar-refractivity contribution is -0.125. The maximum Gasteiger partial charge on any atom is 0.312 e. The summed E-state index contributed by atoms with van der Waals surface area (Å²) in [6.07, 6.45) is 1.91. The number of hydrogen-bond donors (Lipinski definition) is 3. The number of nitrogens with one attached hydrogen (secondary N) is 2. The summed E-state index contributed by atoms with van der Waals surface area (Å²) in [5, 5.41) is 5.09. The third kappa shape index (κ3) is 18.9. The van der Waals surface area contributed by atoms with Crippen LogP contribution in [-0.2, 0) is 23.7 Å². The van der Waals surface area contributed by atoms with E-state index in [-0.39, 0.29) is 12.5 Å². The summed E-state index contributed by atoms with van der Waals surface area (Å²) in [6, 6.07) is -0.563. The highest BCUT2D eigenvalue weighted by Gasteiger charge is 1.99. The van der Waals surface area contributed by atoms with Gasteiger partial charge in [-0.25, -0.2) is 4.79 Å². The van der Waals surface area contributed by atoms with Crippen molar-refractivity contribution >= 4 is 23.7 Å². The van der Waals surface area contributed by atoms with E-state index < -0.39 is 6.03 Å². The molecule has 0 saturated heterocycles. The summed E-state index contributed by atoms with van der Waals surface area (Å²) in [5.41, 5.74) is 4.89. The first-order valence-corrected chi connectivity index (χ1v) is 8.66. The maximum atomic E-state index is 11.2. The smallest absolute Gasteiger partial charge is 0.312 e. The van der Waals surface area contributed by atoms with Crippen LogP contribution in [0, 0.1) is 0 Å². The van der Waals surface area contributed by atoms with E-state index in [2.05, 4.69) is 10.6 Å². The normalized spacial score (nSPS) is 10.5. The van der Waals surface area contributed by atoms with Gasteiger partial charge in [0.05, 0.1) is 52.1 Å². The van der Waals surface area contributed by atoms with Gasteiger partial charge in [-0.15, -0.1) is 11.8 Å². The summed E-state index contributed by atoms with van der Waals surface area (Å²) in [6.45, 7) is 3.39. The molecule has 0 spiro atoms. The number of nitrogens with two attached hydrogens (primary N) is 1. The Morgan fingerprint density at radius 1 is 0.870 bits per heavy atom. The van der Waals surface area contributed by atoms with Gasteiger partial charge in [0.25, 0.3) is 0 Å². The van der Waals surface area contributed by atoms with Gasteiger partial charge in [0.15, 0.2) is 0 Å². The number of carbonyl (C=O) groups is 2. The molecule has 0 aliphatic heterocycles. The van der Waals surface area contributed by atoms with Crippen molar-refractivity contribution < 1.29 is 28.5 Å². The third-order valence-electron chi connectivity index (χ3n) is 2.31. The number of hydrogen-bond acceptors (Lipinski definition) is 7. The second kappa shape index (κ2) is 17.3. The van der Waals surface area contributed by atoms with Crippen LogP contribution in [0.25, 0.3) is 0 Å². The molecule has 10 heteroatoms. The Bertz CT molecular complexity index is 309. The highest BCUT2D eigenvalue weighted by atomic mass is 32.2. The Labute approximate surface area is 140 Å². The van der Waals surface area contributed by atoms with Crippen LogP contribution in [0.5, 0.6) is 0 Å². The fourth-order valence-electron chi connectivity index (χ4n) is 1.27. The van der Waals surface area contributed by atoms with E-state index in [1.807, 2.05) is 6.26 Å². The van der Waals surface area contributed by atoms with Gasteiger partial charge in [0, 0.05) is 6.54 Å². The third-order valence-corrected chi connectivity index (χ3v) is 2.74. The number of primary amides is 1. The molecule has 0 aromatic rings. The Kier molecular flexibility index (Phi) is 16.5.